The van der Waals surface area contributed by atoms with E-state index in [2.05, 4.69) is 5.32 Å². The molecule has 2 aromatic carbocycles. The Morgan fingerprint density at radius 1 is 1.09 bits per heavy atom. The molecule has 9 nitrogen and oxygen atoms in total. The number of carbonyl (C=O) groups is 5. The molecule has 0 saturated carbocycles. The molecule has 0 bridgehead atoms. The number of nitrogens with zero attached hydrogens (tertiary/aromatic N) is 2. The van der Waals surface area contributed by atoms with E-state index in [1.807, 2.05) is 30.3 Å². The van der Waals surface area contributed by atoms with Crippen LogP contribution in [-0.2, 0) is 27.3 Å². The van der Waals surface area contributed by atoms with Crippen molar-refractivity contribution < 1.29 is 29.1 Å². The average molecular weight is 449 g/mol. The average Bonchev–Trinajstić information content (AvgIpc) is 3.12. The lowest BCUT2D eigenvalue weighted by Crippen LogP contribution is -2.52. The summed E-state index contributed by atoms with van der Waals surface area (Å²) in [6, 6.07) is 13.3. The van der Waals surface area contributed by atoms with E-state index in [1.54, 1.807) is 6.07 Å². The van der Waals surface area contributed by atoms with Crippen LogP contribution in [0.1, 0.15) is 44.7 Å². The van der Waals surface area contributed by atoms with Gasteiger partial charge in [-0.3, -0.25) is 29.3 Å². The van der Waals surface area contributed by atoms with Gasteiger partial charge in [-0.15, -0.1) is 0 Å². The Kier molecular flexibility index (Phi) is 6.21. The topological polar surface area (TPSA) is 124 Å². The summed E-state index contributed by atoms with van der Waals surface area (Å²) in [4.78, 5) is 63.6. The van der Waals surface area contributed by atoms with E-state index >= 15 is 0 Å². The number of carboxylic acid groups (broad SMARTS) is 1. The number of hydrogen-bond donors (Lipinski definition) is 2. The molecule has 2 N–H and O–H groups in total. The second-order valence-corrected chi connectivity index (χ2v) is 8.13. The Morgan fingerprint density at radius 3 is 2.55 bits per heavy atom. The molecule has 1 unspecified atom stereocenters. The van der Waals surface area contributed by atoms with Crippen LogP contribution in [-0.4, -0.2) is 63.6 Å². The van der Waals surface area contributed by atoms with Gasteiger partial charge in [0.15, 0.2) is 0 Å². The monoisotopic (exact) mass is 449 g/mol. The molecule has 9 heteroatoms. The molecular formula is C24H23N3O6. The summed E-state index contributed by atoms with van der Waals surface area (Å²) < 4.78 is 0. The van der Waals surface area contributed by atoms with Crippen LogP contribution in [0.15, 0.2) is 48.5 Å². The zero-order valence-corrected chi connectivity index (χ0v) is 17.8. The zero-order valence-electron chi connectivity index (χ0n) is 17.8. The number of imide groups is 1. The predicted octanol–water partition coefficient (Wildman–Crippen LogP) is 1.22. The molecule has 2 aliphatic heterocycles. The third-order valence-corrected chi connectivity index (χ3v) is 5.90. The summed E-state index contributed by atoms with van der Waals surface area (Å²) in [6.45, 7) is -0.0673. The molecule has 1 atom stereocenters. The van der Waals surface area contributed by atoms with Crippen LogP contribution in [0.5, 0.6) is 0 Å². The van der Waals surface area contributed by atoms with Crippen molar-refractivity contribution in [2.45, 2.75) is 31.8 Å². The Bertz CT molecular complexity index is 1130. The van der Waals surface area contributed by atoms with E-state index < -0.39 is 30.4 Å². The molecule has 4 rings (SSSR count). The SMILES string of the molecule is O=C(O)CN(CCc1ccccc1)C(=O)c1ccc2c(c1)CN(C1CCC(=O)NC1=O)C2=O. The highest BCUT2D eigenvalue weighted by atomic mass is 16.4. The predicted molar refractivity (Wildman–Crippen MR) is 116 cm³/mol. The number of carboxylic acids is 1. The molecule has 0 spiro atoms. The van der Waals surface area contributed by atoms with E-state index in [9.17, 15) is 29.1 Å². The van der Waals surface area contributed by atoms with Gasteiger partial charge in [-0.2, -0.15) is 0 Å². The fourth-order valence-electron chi connectivity index (χ4n) is 4.21. The van der Waals surface area contributed by atoms with E-state index in [0.29, 0.717) is 17.5 Å². The summed E-state index contributed by atoms with van der Waals surface area (Å²) >= 11 is 0. The normalized spacial score (nSPS) is 17.5. The van der Waals surface area contributed by atoms with Gasteiger partial charge in [0.2, 0.25) is 11.8 Å². The van der Waals surface area contributed by atoms with Crippen molar-refractivity contribution in [1.29, 1.82) is 0 Å². The van der Waals surface area contributed by atoms with Gasteiger partial charge in [0.05, 0.1) is 0 Å². The van der Waals surface area contributed by atoms with E-state index in [4.69, 9.17) is 0 Å². The van der Waals surface area contributed by atoms with E-state index in [0.717, 1.165) is 5.56 Å². The standard InChI is InChI=1S/C24H23N3O6/c28-20-9-8-19(22(31)25-20)27-13-17-12-16(6-7-18(17)24(27)33)23(32)26(14-21(29)30)11-10-15-4-2-1-3-5-15/h1-7,12,19H,8-11,13-14H2,(H,29,30)(H,25,28,31). The largest absolute Gasteiger partial charge is 0.480 e. The van der Waals surface area contributed by atoms with Crippen LogP contribution < -0.4 is 5.32 Å². The number of benzene rings is 2. The molecular weight excluding hydrogens is 426 g/mol. The highest BCUT2D eigenvalue weighted by Gasteiger charge is 2.39. The highest BCUT2D eigenvalue weighted by molar-refractivity contribution is 6.06. The van der Waals surface area contributed by atoms with E-state index in [1.165, 1.54) is 21.9 Å². The first-order chi connectivity index (χ1) is 15.8. The maximum Gasteiger partial charge on any atom is 0.323 e. The summed E-state index contributed by atoms with van der Waals surface area (Å²) in [5, 5.41) is 11.5. The molecule has 1 fully saturated rings. The molecule has 2 heterocycles. The number of piperidine rings is 1. The summed E-state index contributed by atoms with van der Waals surface area (Å²) in [6.07, 6.45) is 0.917. The number of rotatable bonds is 7. The first kappa shape index (κ1) is 22.2. The maximum absolute atomic E-state index is 13.1. The lowest BCUT2D eigenvalue weighted by Gasteiger charge is -2.29. The van der Waals surface area contributed by atoms with Crippen molar-refractivity contribution in [3.63, 3.8) is 0 Å². The summed E-state index contributed by atoms with van der Waals surface area (Å²) in [5.41, 5.74) is 2.25. The third kappa shape index (κ3) is 4.77. The van der Waals surface area contributed by atoms with Crippen LogP contribution in [0.4, 0.5) is 0 Å². The number of carbonyl (C=O) groups excluding carboxylic acids is 4. The first-order valence-electron chi connectivity index (χ1n) is 10.7. The van der Waals surface area contributed by atoms with Crippen molar-refractivity contribution in [1.82, 2.24) is 15.1 Å². The van der Waals surface area contributed by atoms with Crippen LogP contribution in [0.25, 0.3) is 0 Å². The zero-order chi connectivity index (χ0) is 23.5. The molecule has 2 aromatic rings. The van der Waals surface area contributed by atoms with Gasteiger partial charge >= 0.3 is 5.97 Å². The highest BCUT2D eigenvalue weighted by Crippen LogP contribution is 2.28. The minimum absolute atomic E-state index is 0.143. The number of nitrogens with one attached hydrogen (secondary N) is 1. The van der Waals surface area contributed by atoms with Crippen LogP contribution >= 0.6 is 0 Å². The number of fused-ring (bicyclic) bond motifs is 1. The van der Waals surface area contributed by atoms with Gasteiger partial charge in [-0.1, -0.05) is 30.3 Å². The minimum Gasteiger partial charge on any atom is -0.480 e. The van der Waals surface area contributed by atoms with Crippen molar-refractivity contribution in [2.75, 3.05) is 13.1 Å². The Hall–Kier alpha value is -4.01. The smallest absolute Gasteiger partial charge is 0.323 e. The molecule has 0 aromatic heterocycles. The van der Waals surface area contributed by atoms with Gasteiger partial charge in [0.25, 0.3) is 11.8 Å². The maximum atomic E-state index is 13.1. The van der Waals surface area contributed by atoms with Gasteiger partial charge in [-0.25, -0.2) is 0 Å². The molecule has 4 amide bonds. The Balaban J connectivity index is 1.51. The fourth-order valence-corrected chi connectivity index (χ4v) is 4.21. The van der Waals surface area contributed by atoms with Gasteiger partial charge < -0.3 is 14.9 Å². The molecule has 33 heavy (non-hydrogen) atoms. The molecule has 0 aliphatic carbocycles. The molecule has 0 radical (unpaired) electrons. The van der Waals surface area contributed by atoms with Crippen molar-refractivity contribution in [2.24, 2.45) is 0 Å². The minimum atomic E-state index is -1.11. The second kappa shape index (κ2) is 9.23. The quantitative estimate of drug-likeness (QED) is 0.613. The van der Waals surface area contributed by atoms with Crippen molar-refractivity contribution >= 4 is 29.6 Å². The van der Waals surface area contributed by atoms with Crippen LogP contribution in [0.3, 0.4) is 0 Å². The summed E-state index contributed by atoms with van der Waals surface area (Å²) in [7, 11) is 0. The number of hydrogen-bond acceptors (Lipinski definition) is 5. The van der Waals surface area contributed by atoms with Crippen molar-refractivity contribution in [3.8, 4) is 0 Å². The lowest BCUT2D eigenvalue weighted by molar-refractivity contribution is -0.138. The van der Waals surface area contributed by atoms with Crippen molar-refractivity contribution in [3.05, 3.63) is 70.8 Å². The first-order valence-corrected chi connectivity index (χ1v) is 10.7. The summed E-state index contributed by atoms with van der Waals surface area (Å²) in [5.74, 6) is -2.75. The molecule has 170 valence electrons. The van der Waals surface area contributed by atoms with Gasteiger partial charge in [0, 0.05) is 30.6 Å². The third-order valence-electron chi connectivity index (χ3n) is 5.90. The number of aliphatic carboxylic acids is 1. The lowest BCUT2D eigenvalue weighted by atomic mass is 10.0. The fraction of sp³-hybridized carbons (Fsp3) is 0.292. The van der Waals surface area contributed by atoms with E-state index in [-0.39, 0.29) is 43.3 Å². The number of amides is 4. The van der Waals surface area contributed by atoms with Crippen LogP contribution in [0, 0.1) is 0 Å². The van der Waals surface area contributed by atoms with Gasteiger partial charge in [-0.05, 0) is 42.2 Å². The molecule has 1 saturated heterocycles. The molecule has 2 aliphatic rings. The Labute approximate surface area is 190 Å². The van der Waals surface area contributed by atoms with Crippen LogP contribution in [0.2, 0.25) is 0 Å². The Morgan fingerprint density at radius 2 is 1.85 bits per heavy atom. The van der Waals surface area contributed by atoms with Gasteiger partial charge in [0.1, 0.15) is 12.6 Å². The second-order valence-electron chi connectivity index (χ2n) is 8.13.